The van der Waals surface area contributed by atoms with Crippen molar-refractivity contribution in [3.63, 3.8) is 0 Å². The summed E-state index contributed by atoms with van der Waals surface area (Å²) in [5.74, 6) is 2.43. The third-order valence-electron chi connectivity index (χ3n) is 5.89. The smallest absolute Gasteiger partial charge is 0.243 e. The van der Waals surface area contributed by atoms with E-state index in [1.807, 2.05) is 24.3 Å². The summed E-state index contributed by atoms with van der Waals surface area (Å²) in [5.41, 5.74) is 0.946. The van der Waals surface area contributed by atoms with E-state index in [0.29, 0.717) is 24.0 Å². The first kappa shape index (κ1) is 21.0. The van der Waals surface area contributed by atoms with Crippen LogP contribution in [0.15, 0.2) is 47.4 Å². The Balaban J connectivity index is 1.49. The second kappa shape index (κ2) is 8.86. The average Bonchev–Trinajstić information content (AvgIpc) is 3.56. The third-order valence-corrected chi connectivity index (χ3v) is 7.78. The molecule has 0 saturated heterocycles. The molecule has 0 spiro atoms. The first-order chi connectivity index (χ1) is 14.5. The van der Waals surface area contributed by atoms with E-state index in [2.05, 4.69) is 0 Å². The van der Waals surface area contributed by atoms with Gasteiger partial charge in [-0.25, -0.2) is 8.42 Å². The van der Waals surface area contributed by atoms with Crippen molar-refractivity contribution >= 4 is 10.0 Å². The highest BCUT2D eigenvalue weighted by molar-refractivity contribution is 7.89. The van der Waals surface area contributed by atoms with Gasteiger partial charge in [-0.2, -0.15) is 4.31 Å². The largest absolute Gasteiger partial charge is 0.493 e. The Morgan fingerprint density at radius 3 is 2.20 bits per heavy atom. The van der Waals surface area contributed by atoms with Gasteiger partial charge in [0.05, 0.1) is 25.7 Å². The SMILES string of the molecule is COc1ccc(S(=O)(=O)N(Cc2ccc(OCC3CCC3)cc2)C2CC2)cc1OC. The molecule has 2 aliphatic carbocycles. The van der Waals surface area contributed by atoms with Gasteiger partial charge < -0.3 is 14.2 Å². The van der Waals surface area contributed by atoms with Crippen molar-refractivity contribution in [3.8, 4) is 17.2 Å². The maximum atomic E-state index is 13.4. The van der Waals surface area contributed by atoms with Crippen LogP contribution in [-0.2, 0) is 16.6 Å². The maximum absolute atomic E-state index is 13.4. The quantitative estimate of drug-likeness (QED) is 0.563. The van der Waals surface area contributed by atoms with Gasteiger partial charge in [-0.05, 0) is 61.4 Å². The number of methoxy groups -OCH3 is 2. The highest BCUT2D eigenvalue weighted by atomic mass is 32.2. The lowest BCUT2D eigenvalue weighted by atomic mass is 9.86. The van der Waals surface area contributed by atoms with E-state index in [4.69, 9.17) is 14.2 Å². The average molecular weight is 432 g/mol. The summed E-state index contributed by atoms with van der Waals surface area (Å²) in [6.07, 6.45) is 5.58. The molecule has 2 saturated carbocycles. The predicted octanol–water partition coefficient (Wildman–Crippen LogP) is 4.24. The van der Waals surface area contributed by atoms with Gasteiger partial charge in [0.2, 0.25) is 10.0 Å². The molecule has 0 heterocycles. The zero-order valence-electron chi connectivity index (χ0n) is 17.5. The lowest BCUT2D eigenvalue weighted by Gasteiger charge is -2.25. The number of nitrogens with zero attached hydrogens (tertiary/aromatic N) is 1. The molecule has 0 aliphatic heterocycles. The minimum absolute atomic E-state index is 0.0395. The van der Waals surface area contributed by atoms with Gasteiger partial charge in [0, 0.05) is 18.7 Å². The molecule has 2 fully saturated rings. The van der Waals surface area contributed by atoms with Gasteiger partial charge in [0.1, 0.15) is 5.75 Å². The normalized spacial score (nSPS) is 16.9. The van der Waals surface area contributed by atoms with E-state index in [1.54, 1.807) is 16.4 Å². The predicted molar refractivity (Wildman–Crippen MR) is 115 cm³/mol. The van der Waals surface area contributed by atoms with E-state index < -0.39 is 10.0 Å². The zero-order valence-corrected chi connectivity index (χ0v) is 18.4. The van der Waals surface area contributed by atoms with E-state index >= 15 is 0 Å². The molecule has 0 amide bonds. The van der Waals surface area contributed by atoms with Crippen LogP contribution in [0.25, 0.3) is 0 Å². The van der Waals surface area contributed by atoms with Gasteiger partial charge in [-0.1, -0.05) is 18.6 Å². The Hall–Kier alpha value is -2.25. The highest BCUT2D eigenvalue weighted by Crippen LogP contribution is 2.36. The highest BCUT2D eigenvalue weighted by Gasteiger charge is 2.38. The lowest BCUT2D eigenvalue weighted by molar-refractivity contribution is 0.180. The van der Waals surface area contributed by atoms with E-state index in [-0.39, 0.29) is 10.9 Å². The van der Waals surface area contributed by atoms with Crippen LogP contribution < -0.4 is 14.2 Å². The molecular formula is C23H29NO5S. The van der Waals surface area contributed by atoms with Crippen molar-refractivity contribution in [1.29, 1.82) is 0 Å². The number of benzene rings is 2. The Kier molecular flexibility index (Phi) is 6.20. The van der Waals surface area contributed by atoms with Crippen molar-refractivity contribution < 1.29 is 22.6 Å². The van der Waals surface area contributed by atoms with Crippen molar-refractivity contribution in [2.45, 2.75) is 49.6 Å². The van der Waals surface area contributed by atoms with Crippen LogP contribution in [0.2, 0.25) is 0 Å². The summed E-state index contributed by atoms with van der Waals surface area (Å²) >= 11 is 0. The minimum atomic E-state index is -3.65. The monoisotopic (exact) mass is 431 g/mol. The first-order valence-corrected chi connectivity index (χ1v) is 11.9. The maximum Gasteiger partial charge on any atom is 0.243 e. The molecular weight excluding hydrogens is 402 g/mol. The van der Waals surface area contributed by atoms with Crippen LogP contribution in [0.3, 0.4) is 0 Å². The molecule has 0 radical (unpaired) electrons. The number of rotatable bonds is 10. The summed E-state index contributed by atoms with van der Waals surface area (Å²) in [6.45, 7) is 1.10. The van der Waals surface area contributed by atoms with Crippen LogP contribution in [0.1, 0.15) is 37.7 Å². The number of sulfonamides is 1. The first-order valence-electron chi connectivity index (χ1n) is 10.5. The fourth-order valence-electron chi connectivity index (χ4n) is 3.63. The number of hydrogen-bond donors (Lipinski definition) is 0. The standard InChI is InChI=1S/C23H29NO5S/c1-27-22-13-12-21(14-23(22)28-2)30(25,26)24(19-8-9-19)15-17-6-10-20(11-7-17)29-16-18-4-3-5-18/h6-7,10-14,18-19H,3-5,8-9,15-16H2,1-2H3. The van der Waals surface area contributed by atoms with Crippen molar-refractivity contribution in [2.24, 2.45) is 5.92 Å². The topological polar surface area (TPSA) is 65.1 Å². The molecule has 2 aromatic carbocycles. The molecule has 0 N–H and O–H groups in total. The van der Waals surface area contributed by atoms with E-state index in [9.17, 15) is 8.42 Å². The second-order valence-electron chi connectivity index (χ2n) is 8.05. The molecule has 0 atom stereocenters. The van der Waals surface area contributed by atoms with Crippen molar-refractivity contribution in [3.05, 3.63) is 48.0 Å². The summed E-state index contributed by atoms with van der Waals surface area (Å²) in [6, 6.07) is 12.5. The molecule has 2 aliphatic rings. The van der Waals surface area contributed by atoms with Gasteiger partial charge in [-0.15, -0.1) is 0 Å². The Morgan fingerprint density at radius 2 is 1.63 bits per heavy atom. The summed E-state index contributed by atoms with van der Waals surface area (Å²) in [5, 5.41) is 0. The van der Waals surface area contributed by atoms with Crippen LogP contribution in [0, 0.1) is 5.92 Å². The molecule has 0 unspecified atom stereocenters. The molecule has 7 heteroatoms. The zero-order chi connectivity index (χ0) is 21.1. The Labute approximate surface area is 178 Å². The third kappa shape index (κ3) is 4.57. The molecule has 30 heavy (non-hydrogen) atoms. The summed E-state index contributed by atoms with van der Waals surface area (Å²) < 4.78 is 44.7. The van der Waals surface area contributed by atoms with Crippen LogP contribution >= 0.6 is 0 Å². The number of hydrogen-bond acceptors (Lipinski definition) is 5. The van der Waals surface area contributed by atoms with Crippen LogP contribution in [0.5, 0.6) is 17.2 Å². The van der Waals surface area contributed by atoms with E-state index in [1.165, 1.54) is 39.5 Å². The molecule has 2 aromatic rings. The van der Waals surface area contributed by atoms with Gasteiger partial charge in [0.25, 0.3) is 0 Å². The molecule has 162 valence electrons. The van der Waals surface area contributed by atoms with Crippen LogP contribution in [0.4, 0.5) is 0 Å². The molecule has 6 nitrogen and oxygen atoms in total. The fraction of sp³-hybridized carbons (Fsp3) is 0.478. The van der Waals surface area contributed by atoms with Crippen molar-refractivity contribution in [1.82, 2.24) is 4.31 Å². The fourth-order valence-corrected chi connectivity index (χ4v) is 5.32. The lowest BCUT2D eigenvalue weighted by Crippen LogP contribution is -2.32. The van der Waals surface area contributed by atoms with E-state index in [0.717, 1.165) is 30.8 Å². The van der Waals surface area contributed by atoms with Gasteiger partial charge in [-0.3, -0.25) is 0 Å². The van der Waals surface area contributed by atoms with Gasteiger partial charge >= 0.3 is 0 Å². The minimum Gasteiger partial charge on any atom is -0.493 e. The number of ether oxygens (including phenoxy) is 3. The van der Waals surface area contributed by atoms with Gasteiger partial charge in [0.15, 0.2) is 11.5 Å². The Bertz CT molecular complexity index is 966. The Morgan fingerprint density at radius 1 is 0.933 bits per heavy atom. The molecule has 0 bridgehead atoms. The second-order valence-corrected chi connectivity index (χ2v) is 9.94. The summed E-state index contributed by atoms with van der Waals surface area (Å²) in [7, 11) is -0.623. The molecule has 4 rings (SSSR count). The van der Waals surface area contributed by atoms with Crippen molar-refractivity contribution in [2.75, 3.05) is 20.8 Å². The van der Waals surface area contributed by atoms with Crippen LogP contribution in [-0.4, -0.2) is 39.6 Å². The summed E-state index contributed by atoms with van der Waals surface area (Å²) in [4.78, 5) is 0.215. The molecule has 0 aromatic heterocycles.